The third-order valence-corrected chi connectivity index (χ3v) is 4.21. The monoisotopic (exact) mass is 178 g/mol. The molecular weight excluding hydrogens is 155 g/mol. The summed E-state index contributed by atoms with van der Waals surface area (Å²) in [7, 11) is 1.58. The van der Waals surface area contributed by atoms with E-state index in [1.54, 1.807) is 33.0 Å². The first-order valence-corrected chi connectivity index (χ1v) is 6.25. The molecule has 0 amide bonds. The number of rotatable bonds is 2. The van der Waals surface area contributed by atoms with E-state index in [1.165, 1.54) is 12.8 Å². The molecule has 1 heteroatoms. The lowest BCUT2D eigenvalue weighted by Gasteiger charge is -2.40. The average Bonchev–Trinajstić information content (AvgIpc) is 2.10. The van der Waals surface area contributed by atoms with Crippen LogP contribution in [0.25, 0.3) is 0 Å². The standard InChI is InChI=1S/C12H23B/c1-9(2)8-10-6-7-11-4-3-5-12(10)13-11/h9-13H,3-8H2,1-2H3. The van der Waals surface area contributed by atoms with Crippen molar-refractivity contribution in [3.8, 4) is 0 Å². The van der Waals surface area contributed by atoms with Crippen LogP contribution in [-0.2, 0) is 0 Å². The molecule has 0 spiro atoms. The highest BCUT2D eigenvalue weighted by Gasteiger charge is 2.34. The summed E-state index contributed by atoms with van der Waals surface area (Å²) >= 11 is 0. The zero-order valence-electron chi connectivity index (χ0n) is 9.26. The van der Waals surface area contributed by atoms with Crippen LogP contribution >= 0.6 is 0 Å². The molecule has 0 nitrogen and oxygen atoms in total. The number of hydrogen-bond acceptors (Lipinski definition) is 0. The molecule has 0 saturated carbocycles. The molecule has 2 aliphatic rings. The van der Waals surface area contributed by atoms with E-state index in [0.29, 0.717) is 0 Å². The average molecular weight is 178 g/mol. The maximum Gasteiger partial charge on any atom is 0.127 e. The second-order valence-corrected chi connectivity index (χ2v) is 5.76. The highest BCUT2D eigenvalue weighted by Crippen LogP contribution is 2.46. The Hall–Kier alpha value is 0.0649. The van der Waals surface area contributed by atoms with E-state index < -0.39 is 0 Å². The smallest absolute Gasteiger partial charge is 0.0654 e. The van der Waals surface area contributed by atoms with Gasteiger partial charge >= 0.3 is 0 Å². The quantitative estimate of drug-likeness (QED) is 0.566. The Morgan fingerprint density at radius 2 is 2.00 bits per heavy atom. The largest absolute Gasteiger partial charge is 0.127 e. The van der Waals surface area contributed by atoms with Gasteiger partial charge in [-0.25, -0.2) is 0 Å². The van der Waals surface area contributed by atoms with E-state index in [1.807, 2.05) is 0 Å². The Labute approximate surface area is 83.7 Å². The van der Waals surface area contributed by atoms with Gasteiger partial charge in [-0.3, -0.25) is 0 Å². The van der Waals surface area contributed by atoms with Crippen LogP contribution in [0.3, 0.4) is 0 Å². The molecule has 3 unspecified atom stereocenters. The van der Waals surface area contributed by atoms with Crippen LogP contribution < -0.4 is 0 Å². The van der Waals surface area contributed by atoms with Gasteiger partial charge in [0.1, 0.15) is 7.28 Å². The maximum atomic E-state index is 2.38. The van der Waals surface area contributed by atoms with Gasteiger partial charge in [-0.05, 0) is 18.3 Å². The topological polar surface area (TPSA) is 0 Å². The summed E-state index contributed by atoms with van der Waals surface area (Å²) in [6, 6.07) is 0. The second kappa shape index (κ2) is 4.06. The van der Waals surface area contributed by atoms with Crippen molar-refractivity contribution in [3.63, 3.8) is 0 Å². The summed E-state index contributed by atoms with van der Waals surface area (Å²) in [4.78, 5) is 0. The van der Waals surface area contributed by atoms with Crippen LogP contribution in [0.4, 0.5) is 0 Å². The van der Waals surface area contributed by atoms with Crippen molar-refractivity contribution in [1.29, 1.82) is 0 Å². The van der Waals surface area contributed by atoms with Gasteiger partial charge in [0.05, 0.1) is 0 Å². The normalized spacial score (nSPS) is 38.8. The highest BCUT2D eigenvalue weighted by atomic mass is 14.3. The molecule has 2 saturated heterocycles. The lowest BCUT2D eigenvalue weighted by atomic mass is 9.41. The van der Waals surface area contributed by atoms with E-state index >= 15 is 0 Å². The first kappa shape index (κ1) is 9.61. The van der Waals surface area contributed by atoms with Crippen LogP contribution in [0.1, 0.15) is 52.4 Å². The van der Waals surface area contributed by atoms with Gasteiger partial charge in [-0.2, -0.15) is 0 Å². The highest BCUT2D eigenvalue weighted by molar-refractivity contribution is 6.40. The van der Waals surface area contributed by atoms with Gasteiger partial charge in [0.25, 0.3) is 0 Å². The fourth-order valence-corrected chi connectivity index (χ4v) is 3.62. The van der Waals surface area contributed by atoms with Crippen molar-refractivity contribution < 1.29 is 0 Å². The van der Waals surface area contributed by atoms with Crippen molar-refractivity contribution >= 4 is 7.28 Å². The van der Waals surface area contributed by atoms with Crippen LogP contribution in [0.15, 0.2) is 0 Å². The summed E-state index contributed by atoms with van der Waals surface area (Å²) in [6.07, 6.45) is 9.22. The van der Waals surface area contributed by atoms with Gasteiger partial charge < -0.3 is 0 Å². The minimum Gasteiger partial charge on any atom is -0.0654 e. The van der Waals surface area contributed by atoms with Crippen LogP contribution in [-0.4, -0.2) is 7.28 Å². The number of hydrogen-bond donors (Lipinski definition) is 0. The van der Waals surface area contributed by atoms with Crippen molar-refractivity contribution in [2.45, 2.75) is 64.0 Å². The lowest BCUT2D eigenvalue weighted by Crippen LogP contribution is -2.29. The SMILES string of the molecule is CC(C)CC1CCC2BC1CCC2. The van der Waals surface area contributed by atoms with E-state index in [9.17, 15) is 0 Å². The summed E-state index contributed by atoms with van der Waals surface area (Å²) in [5, 5.41) is 0. The minimum absolute atomic E-state index is 0.920. The molecule has 2 fully saturated rings. The van der Waals surface area contributed by atoms with Crippen LogP contribution in [0.5, 0.6) is 0 Å². The van der Waals surface area contributed by atoms with Gasteiger partial charge in [-0.1, -0.05) is 57.6 Å². The summed E-state index contributed by atoms with van der Waals surface area (Å²) in [5.74, 6) is 4.26. The van der Waals surface area contributed by atoms with Gasteiger partial charge in [-0.15, -0.1) is 0 Å². The molecule has 0 aromatic carbocycles. The summed E-state index contributed by atoms with van der Waals surface area (Å²) < 4.78 is 0. The molecule has 2 rings (SSSR count). The van der Waals surface area contributed by atoms with Crippen LogP contribution in [0, 0.1) is 11.8 Å². The molecule has 2 bridgehead atoms. The Morgan fingerprint density at radius 3 is 2.77 bits per heavy atom. The van der Waals surface area contributed by atoms with E-state index in [-0.39, 0.29) is 0 Å². The van der Waals surface area contributed by atoms with E-state index in [0.717, 1.165) is 23.5 Å². The minimum atomic E-state index is 0.920. The molecule has 0 aromatic rings. The molecule has 3 atom stereocenters. The molecule has 0 aliphatic carbocycles. The zero-order valence-corrected chi connectivity index (χ0v) is 9.26. The fraction of sp³-hybridized carbons (Fsp3) is 1.00. The predicted molar refractivity (Wildman–Crippen MR) is 60.7 cm³/mol. The fourth-order valence-electron chi connectivity index (χ4n) is 3.62. The van der Waals surface area contributed by atoms with Gasteiger partial charge in [0.15, 0.2) is 0 Å². The summed E-state index contributed by atoms with van der Waals surface area (Å²) in [5.41, 5.74) is 0. The molecule has 2 aliphatic heterocycles. The molecule has 74 valence electrons. The first-order valence-electron chi connectivity index (χ1n) is 6.25. The van der Waals surface area contributed by atoms with Crippen molar-refractivity contribution in [3.05, 3.63) is 0 Å². The Kier molecular flexibility index (Phi) is 3.01. The maximum absolute atomic E-state index is 2.38. The first-order chi connectivity index (χ1) is 6.25. The number of fused-ring (bicyclic) bond motifs is 2. The van der Waals surface area contributed by atoms with Crippen LogP contribution in [0.2, 0.25) is 11.6 Å². The van der Waals surface area contributed by atoms with Crippen molar-refractivity contribution in [2.75, 3.05) is 0 Å². The van der Waals surface area contributed by atoms with E-state index in [4.69, 9.17) is 0 Å². The van der Waals surface area contributed by atoms with Crippen molar-refractivity contribution in [2.24, 2.45) is 11.8 Å². The van der Waals surface area contributed by atoms with Crippen molar-refractivity contribution in [1.82, 2.24) is 0 Å². The van der Waals surface area contributed by atoms with Gasteiger partial charge in [0.2, 0.25) is 0 Å². The third kappa shape index (κ3) is 2.30. The molecular formula is C12H23B. The Bertz CT molecular complexity index is 165. The molecule has 0 aromatic heterocycles. The lowest BCUT2D eigenvalue weighted by molar-refractivity contribution is 0.296. The van der Waals surface area contributed by atoms with Gasteiger partial charge in [0, 0.05) is 0 Å². The zero-order chi connectivity index (χ0) is 9.26. The molecule has 13 heavy (non-hydrogen) atoms. The Balaban J connectivity index is 1.90. The predicted octanol–water partition coefficient (Wildman–Crippen LogP) is 3.64. The third-order valence-electron chi connectivity index (χ3n) is 4.21. The molecule has 0 N–H and O–H groups in total. The summed E-state index contributed by atoms with van der Waals surface area (Å²) in [6.45, 7) is 4.77. The molecule has 0 radical (unpaired) electrons. The Morgan fingerprint density at radius 1 is 1.15 bits per heavy atom. The van der Waals surface area contributed by atoms with E-state index in [2.05, 4.69) is 13.8 Å². The second-order valence-electron chi connectivity index (χ2n) is 5.76. The molecule has 2 heterocycles.